The zero-order valence-corrected chi connectivity index (χ0v) is 12.1. The first-order chi connectivity index (χ1) is 8.68. The quantitative estimate of drug-likeness (QED) is 0.649. The molecule has 1 fully saturated rings. The molecule has 1 saturated carbocycles. The van der Waals surface area contributed by atoms with Gasteiger partial charge in [0, 0.05) is 0 Å². The van der Waals surface area contributed by atoms with Gasteiger partial charge in [-0.05, 0) is 31.6 Å². The SMILES string of the molecule is CCCCCCCC(O)C1(C#N)CCC(CC)C1. The Kier molecular flexibility index (Phi) is 6.71. The highest BCUT2D eigenvalue weighted by molar-refractivity contribution is 5.07. The molecule has 0 aromatic carbocycles. The number of unbranched alkanes of at least 4 members (excludes halogenated alkanes) is 4. The van der Waals surface area contributed by atoms with Crippen molar-refractivity contribution in [3.05, 3.63) is 0 Å². The Morgan fingerprint density at radius 2 is 2.00 bits per heavy atom. The van der Waals surface area contributed by atoms with Gasteiger partial charge in [-0.3, -0.25) is 0 Å². The van der Waals surface area contributed by atoms with Crippen LogP contribution in [-0.4, -0.2) is 11.2 Å². The van der Waals surface area contributed by atoms with Crippen molar-refractivity contribution in [2.75, 3.05) is 0 Å². The minimum Gasteiger partial charge on any atom is -0.391 e. The Hall–Kier alpha value is -0.550. The summed E-state index contributed by atoms with van der Waals surface area (Å²) in [4.78, 5) is 0. The number of hydrogen-bond donors (Lipinski definition) is 1. The van der Waals surface area contributed by atoms with Gasteiger partial charge >= 0.3 is 0 Å². The predicted molar refractivity (Wildman–Crippen MR) is 75.1 cm³/mol. The molecule has 0 aliphatic heterocycles. The van der Waals surface area contributed by atoms with Gasteiger partial charge in [0.15, 0.2) is 0 Å². The van der Waals surface area contributed by atoms with Crippen LogP contribution in [0.15, 0.2) is 0 Å². The second-order valence-corrected chi connectivity index (χ2v) is 6.00. The minimum absolute atomic E-state index is 0.402. The van der Waals surface area contributed by atoms with Crippen molar-refractivity contribution in [2.24, 2.45) is 11.3 Å². The summed E-state index contributed by atoms with van der Waals surface area (Å²) in [5.41, 5.74) is -0.425. The van der Waals surface area contributed by atoms with E-state index in [9.17, 15) is 10.4 Å². The fraction of sp³-hybridized carbons (Fsp3) is 0.938. The summed E-state index contributed by atoms with van der Waals surface area (Å²) < 4.78 is 0. The molecular weight excluding hydrogens is 222 g/mol. The van der Waals surface area contributed by atoms with Crippen molar-refractivity contribution >= 4 is 0 Å². The molecule has 1 rings (SSSR count). The first-order valence-electron chi connectivity index (χ1n) is 7.77. The van der Waals surface area contributed by atoms with Crippen LogP contribution in [0.3, 0.4) is 0 Å². The highest BCUT2D eigenvalue weighted by Gasteiger charge is 2.44. The second kappa shape index (κ2) is 7.79. The van der Waals surface area contributed by atoms with Gasteiger partial charge in [-0.25, -0.2) is 0 Å². The van der Waals surface area contributed by atoms with Crippen LogP contribution in [0.1, 0.15) is 78.1 Å². The summed E-state index contributed by atoms with van der Waals surface area (Å²) in [6.07, 6.45) is 10.6. The van der Waals surface area contributed by atoms with Crippen LogP contribution >= 0.6 is 0 Å². The van der Waals surface area contributed by atoms with E-state index in [0.29, 0.717) is 5.92 Å². The zero-order valence-electron chi connectivity index (χ0n) is 12.1. The van der Waals surface area contributed by atoms with Crippen LogP contribution in [0, 0.1) is 22.7 Å². The third kappa shape index (κ3) is 3.99. The molecule has 0 radical (unpaired) electrons. The summed E-state index contributed by atoms with van der Waals surface area (Å²) in [6, 6.07) is 2.44. The van der Waals surface area contributed by atoms with Gasteiger partial charge in [-0.15, -0.1) is 0 Å². The fourth-order valence-electron chi connectivity index (χ4n) is 3.23. The lowest BCUT2D eigenvalue weighted by molar-refractivity contribution is 0.0548. The van der Waals surface area contributed by atoms with E-state index < -0.39 is 11.5 Å². The Balaban J connectivity index is 2.34. The summed E-state index contributed by atoms with van der Waals surface area (Å²) in [5, 5.41) is 19.8. The van der Waals surface area contributed by atoms with Crippen molar-refractivity contribution in [3.8, 4) is 6.07 Å². The van der Waals surface area contributed by atoms with Crippen LogP contribution in [0.2, 0.25) is 0 Å². The van der Waals surface area contributed by atoms with Crippen molar-refractivity contribution < 1.29 is 5.11 Å². The maximum absolute atomic E-state index is 10.3. The van der Waals surface area contributed by atoms with E-state index in [1.165, 1.54) is 25.7 Å². The van der Waals surface area contributed by atoms with E-state index >= 15 is 0 Å². The number of nitrogens with zero attached hydrogens (tertiary/aromatic N) is 1. The molecule has 18 heavy (non-hydrogen) atoms. The lowest BCUT2D eigenvalue weighted by Gasteiger charge is -2.27. The summed E-state index contributed by atoms with van der Waals surface area (Å²) >= 11 is 0. The van der Waals surface area contributed by atoms with Crippen LogP contribution in [0.25, 0.3) is 0 Å². The van der Waals surface area contributed by atoms with Gasteiger partial charge in [0.05, 0.1) is 17.6 Å². The highest BCUT2D eigenvalue weighted by Crippen LogP contribution is 2.46. The van der Waals surface area contributed by atoms with Gasteiger partial charge in [0.2, 0.25) is 0 Å². The molecule has 1 N–H and O–H groups in total. The van der Waals surface area contributed by atoms with E-state index in [2.05, 4.69) is 19.9 Å². The monoisotopic (exact) mass is 251 g/mol. The summed E-state index contributed by atoms with van der Waals surface area (Å²) in [5.74, 6) is 0.652. The molecule has 104 valence electrons. The predicted octanol–water partition coefficient (Wildman–Crippen LogP) is 4.43. The van der Waals surface area contributed by atoms with Gasteiger partial charge in [-0.1, -0.05) is 52.4 Å². The normalized spacial score (nSPS) is 29.1. The maximum Gasteiger partial charge on any atom is 0.0835 e. The smallest absolute Gasteiger partial charge is 0.0835 e. The van der Waals surface area contributed by atoms with Crippen LogP contribution < -0.4 is 0 Å². The second-order valence-electron chi connectivity index (χ2n) is 6.00. The molecule has 2 nitrogen and oxygen atoms in total. The lowest BCUT2D eigenvalue weighted by Crippen LogP contribution is -2.31. The van der Waals surface area contributed by atoms with E-state index in [1.54, 1.807) is 0 Å². The first kappa shape index (κ1) is 15.5. The molecule has 3 atom stereocenters. The molecule has 0 aromatic heterocycles. The van der Waals surface area contributed by atoms with Gasteiger partial charge in [0.25, 0.3) is 0 Å². The van der Waals surface area contributed by atoms with Gasteiger partial charge in [0.1, 0.15) is 0 Å². The van der Waals surface area contributed by atoms with E-state index in [4.69, 9.17) is 0 Å². The summed E-state index contributed by atoms with van der Waals surface area (Å²) in [7, 11) is 0. The van der Waals surface area contributed by atoms with Crippen molar-refractivity contribution in [2.45, 2.75) is 84.2 Å². The van der Waals surface area contributed by atoms with Gasteiger partial charge in [-0.2, -0.15) is 5.26 Å². The number of aliphatic hydroxyl groups is 1. The Morgan fingerprint density at radius 3 is 2.56 bits per heavy atom. The average Bonchev–Trinajstić information content (AvgIpc) is 2.83. The first-order valence-corrected chi connectivity index (χ1v) is 7.77. The van der Waals surface area contributed by atoms with Crippen molar-refractivity contribution in [1.29, 1.82) is 5.26 Å². The van der Waals surface area contributed by atoms with Gasteiger partial charge < -0.3 is 5.11 Å². The highest BCUT2D eigenvalue weighted by atomic mass is 16.3. The van der Waals surface area contributed by atoms with Crippen LogP contribution in [0.4, 0.5) is 0 Å². The zero-order chi connectivity index (χ0) is 13.4. The van der Waals surface area contributed by atoms with Crippen molar-refractivity contribution in [1.82, 2.24) is 0 Å². The number of aliphatic hydroxyl groups excluding tert-OH is 1. The molecule has 0 bridgehead atoms. The Bertz CT molecular complexity index is 271. The fourth-order valence-corrected chi connectivity index (χ4v) is 3.23. The number of rotatable bonds is 8. The van der Waals surface area contributed by atoms with E-state index in [0.717, 1.165) is 38.5 Å². The lowest BCUT2D eigenvalue weighted by atomic mass is 9.78. The van der Waals surface area contributed by atoms with Crippen LogP contribution in [-0.2, 0) is 0 Å². The van der Waals surface area contributed by atoms with Crippen LogP contribution in [0.5, 0.6) is 0 Å². The number of nitriles is 1. The Labute approximate surface area is 112 Å². The minimum atomic E-state index is -0.425. The molecule has 0 aromatic rings. The molecule has 1 aliphatic rings. The molecule has 0 spiro atoms. The maximum atomic E-state index is 10.3. The molecule has 0 amide bonds. The third-order valence-corrected chi connectivity index (χ3v) is 4.67. The molecule has 2 heteroatoms. The molecule has 3 unspecified atom stereocenters. The molecular formula is C16H29NO. The Morgan fingerprint density at radius 1 is 1.28 bits per heavy atom. The van der Waals surface area contributed by atoms with E-state index in [-0.39, 0.29) is 0 Å². The summed E-state index contributed by atoms with van der Waals surface area (Å²) in [6.45, 7) is 4.40. The average molecular weight is 251 g/mol. The molecule has 1 aliphatic carbocycles. The van der Waals surface area contributed by atoms with Crippen molar-refractivity contribution in [3.63, 3.8) is 0 Å². The molecule has 0 saturated heterocycles. The van der Waals surface area contributed by atoms with E-state index in [1.807, 2.05) is 0 Å². The number of hydrogen-bond acceptors (Lipinski definition) is 2. The third-order valence-electron chi connectivity index (χ3n) is 4.67. The largest absolute Gasteiger partial charge is 0.391 e. The standard InChI is InChI=1S/C16H29NO/c1-3-5-6-7-8-9-15(18)16(13-17)11-10-14(4-2)12-16/h14-15,18H,3-12H2,1-2H3. The topological polar surface area (TPSA) is 44.0 Å². The molecule has 0 heterocycles.